The molecule has 0 radical (unpaired) electrons. The fourth-order valence-electron chi connectivity index (χ4n) is 0.634. The number of carbonyl (C=O) groups excluding carboxylic acids is 1. The predicted molar refractivity (Wildman–Crippen MR) is 37.5 cm³/mol. The van der Waals surface area contributed by atoms with E-state index in [2.05, 4.69) is 0 Å². The van der Waals surface area contributed by atoms with Crippen LogP contribution < -0.4 is 5.73 Å². The summed E-state index contributed by atoms with van der Waals surface area (Å²) < 4.78 is 0. The first-order valence-corrected chi connectivity index (χ1v) is 3.41. The molecule has 0 atom stereocenters. The van der Waals surface area contributed by atoms with Gasteiger partial charge in [0.25, 0.3) is 0 Å². The summed E-state index contributed by atoms with van der Waals surface area (Å²) in [6.07, 6.45) is 1.31. The summed E-state index contributed by atoms with van der Waals surface area (Å²) >= 11 is 0. The van der Waals surface area contributed by atoms with Crippen LogP contribution in [0.2, 0.25) is 0 Å². The van der Waals surface area contributed by atoms with Gasteiger partial charge in [0.1, 0.15) is 0 Å². The van der Waals surface area contributed by atoms with Crippen molar-refractivity contribution in [3.05, 3.63) is 0 Å². The smallest absolute Gasteiger partial charge is 0.245 e. The number of amides is 1. The molecule has 4 nitrogen and oxygen atoms in total. The molecule has 0 saturated carbocycles. The Hall–Kier alpha value is -0.610. The number of nitrogens with zero attached hydrogens (tertiary/aromatic N) is 1. The lowest BCUT2D eigenvalue weighted by atomic mass is 10.4. The lowest BCUT2D eigenvalue weighted by Crippen LogP contribution is -2.18. The van der Waals surface area contributed by atoms with Crippen LogP contribution >= 0.6 is 0 Å². The average Bonchev–Trinajstić information content (AvgIpc) is 2.19. The molecule has 0 bridgehead atoms. The van der Waals surface area contributed by atoms with Crippen molar-refractivity contribution in [1.82, 2.24) is 5.06 Å². The monoisotopic (exact) mass is 146 g/mol. The van der Waals surface area contributed by atoms with Crippen LogP contribution in [0.15, 0.2) is 0 Å². The highest BCUT2D eigenvalue weighted by molar-refractivity contribution is 5.76. The van der Waals surface area contributed by atoms with E-state index >= 15 is 0 Å². The molecule has 10 heavy (non-hydrogen) atoms. The van der Waals surface area contributed by atoms with Crippen LogP contribution in [0, 0.1) is 0 Å². The second-order valence-corrected chi connectivity index (χ2v) is 2.03. The van der Waals surface area contributed by atoms with Gasteiger partial charge in [0.05, 0.1) is 0 Å². The average molecular weight is 146 g/mol. The summed E-state index contributed by atoms with van der Waals surface area (Å²) in [6.45, 7) is 3.17. The van der Waals surface area contributed by atoms with Crippen molar-refractivity contribution in [3.8, 4) is 0 Å². The fourth-order valence-corrected chi connectivity index (χ4v) is 0.634. The largest absolute Gasteiger partial charge is 0.331 e. The van der Waals surface area contributed by atoms with Crippen LogP contribution in [0.1, 0.15) is 19.8 Å². The van der Waals surface area contributed by atoms with E-state index in [0.717, 1.165) is 18.0 Å². The first-order valence-electron chi connectivity index (χ1n) is 3.41. The highest BCUT2D eigenvalue weighted by atomic mass is 16.5. The lowest BCUT2D eigenvalue weighted by molar-refractivity contribution is -0.157. The first-order chi connectivity index (χ1) is 4.72. The molecular weight excluding hydrogens is 132 g/mol. The first kappa shape index (κ1) is 9.39. The summed E-state index contributed by atoms with van der Waals surface area (Å²) in [7, 11) is 0. The van der Waals surface area contributed by atoms with Crippen molar-refractivity contribution in [1.29, 1.82) is 0 Å². The third kappa shape index (κ3) is 3.42. The molecule has 1 saturated heterocycles. The van der Waals surface area contributed by atoms with Crippen molar-refractivity contribution in [3.63, 3.8) is 0 Å². The predicted octanol–water partition coefficient (Wildman–Crippen LogP) is -0.0370. The molecule has 3 N–H and O–H groups in total. The number of hydrogen-bond donors (Lipinski definition) is 2. The Labute approximate surface area is 60.6 Å². The Morgan fingerprint density at radius 1 is 1.80 bits per heavy atom. The maximum Gasteiger partial charge on any atom is 0.245 e. The molecule has 1 fully saturated rings. The summed E-state index contributed by atoms with van der Waals surface area (Å²) in [6, 6.07) is 0. The van der Waals surface area contributed by atoms with Crippen LogP contribution in [0.5, 0.6) is 0 Å². The van der Waals surface area contributed by atoms with Crippen LogP contribution in [-0.2, 0) is 4.79 Å². The highest BCUT2D eigenvalue weighted by Gasteiger charge is 2.16. The summed E-state index contributed by atoms with van der Waals surface area (Å²) in [5.74, 6) is -0.153. The van der Waals surface area contributed by atoms with Crippen LogP contribution in [0.25, 0.3) is 0 Å². The SMILES string of the molecule is CCN.O=C1CCCN1O. The Morgan fingerprint density at radius 2 is 2.30 bits per heavy atom. The molecule has 1 aliphatic heterocycles. The third-order valence-corrected chi connectivity index (χ3v) is 1.05. The summed E-state index contributed by atoms with van der Waals surface area (Å²) in [5, 5.41) is 9.25. The van der Waals surface area contributed by atoms with Gasteiger partial charge in [-0.2, -0.15) is 0 Å². The van der Waals surface area contributed by atoms with E-state index < -0.39 is 0 Å². The number of nitrogens with two attached hydrogens (primary N) is 1. The molecule has 0 aromatic carbocycles. The molecular formula is C6H14N2O2. The number of carbonyl (C=O) groups is 1. The number of rotatable bonds is 0. The maximum atomic E-state index is 10.2. The molecule has 1 aliphatic rings. The lowest BCUT2D eigenvalue weighted by Gasteiger charge is -2.00. The molecule has 60 valence electrons. The zero-order valence-corrected chi connectivity index (χ0v) is 6.21. The van der Waals surface area contributed by atoms with Crippen molar-refractivity contribution in [2.24, 2.45) is 5.73 Å². The van der Waals surface area contributed by atoms with Gasteiger partial charge in [-0.05, 0) is 13.0 Å². The second kappa shape index (κ2) is 5.20. The number of hydroxylamine groups is 2. The van der Waals surface area contributed by atoms with Crippen LogP contribution in [0.3, 0.4) is 0 Å². The van der Waals surface area contributed by atoms with Gasteiger partial charge in [-0.15, -0.1) is 0 Å². The van der Waals surface area contributed by atoms with Gasteiger partial charge in [0.2, 0.25) is 5.91 Å². The molecule has 0 aliphatic carbocycles. The van der Waals surface area contributed by atoms with Gasteiger partial charge in [0, 0.05) is 13.0 Å². The van der Waals surface area contributed by atoms with E-state index in [1.54, 1.807) is 0 Å². The van der Waals surface area contributed by atoms with E-state index in [1.807, 2.05) is 6.92 Å². The molecule has 1 rings (SSSR count). The van der Waals surface area contributed by atoms with Crippen molar-refractivity contribution < 1.29 is 10.0 Å². The van der Waals surface area contributed by atoms with E-state index in [4.69, 9.17) is 10.9 Å². The summed E-state index contributed by atoms with van der Waals surface area (Å²) in [4.78, 5) is 10.2. The molecule has 1 amide bonds. The third-order valence-electron chi connectivity index (χ3n) is 1.05. The quantitative estimate of drug-likeness (QED) is 0.471. The van der Waals surface area contributed by atoms with Gasteiger partial charge in [0.15, 0.2) is 0 Å². The van der Waals surface area contributed by atoms with E-state index in [0.29, 0.717) is 13.0 Å². The van der Waals surface area contributed by atoms with Crippen LogP contribution in [0.4, 0.5) is 0 Å². The van der Waals surface area contributed by atoms with Gasteiger partial charge < -0.3 is 5.73 Å². The Morgan fingerprint density at radius 3 is 2.40 bits per heavy atom. The minimum absolute atomic E-state index is 0.153. The van der Waals surface area contributed by atoms with Gasteiger partial charge in [-0.25, -0.2) is 5.06 Å². The topological polar surface area (TPSA) is 66.6 Å². The molecule has 0 unspecified atom stereocenters. The maximum absolute atomic E-state index is 10.2. The highest BCUT2D eigenvalue weighted by Crippen LogP contribution is 2.04. The van der Waals surface area contributed by atoms with Gasteiger partial charge in [-0.1, -0.05) is 6.92 Å². The molecule has 0 spiro atoms. The zero-order chi connectivity index (χ0) is 7.98. The number of hydrogen-bond acceptors (Lipinski definition) is 3. The van der Waals surface area contributed by atoms with E-state index in [9.17, 15) is 4.79 Å². The van der Waals surface area contributed by atoms with Crippen molar-refractivity contribution >= 4 is 5.91 Å². The van der Waals surface area contributed by atoms with Gasteiger partial charge in [-0.3, -0.25) is 10.0 Å². The fraction of sp³-hybridized carbons (Fsp3) is 0.833. The normalized spacial score (nSPS) is 16.7. The van der Waals surface area contributed by atoms with E-state index in [1.165, 1.54) is 0 Å². The standard InChI is InChI=1S/C4H7NO2.C2H7N/c6-4-2-1-3-5(4)7;1-2-3/h7H,1-3H2;2-3H2,1H3. The zero-order valence-electron chi connectivity index (χ0n) is 6.21. The molecule has 1 heterocycles. The molecule has 0 aromatic rings. The second-order valence-electron chi connectivity index (χ2n) is 2.03. The van der Waals surface area contributed by atoms with Crippen molar-refractivity contribution in [2.75, 3.05) is 13.1 Å². The Balaban J connectivity index is 0.000000236. The van der Waals surface area contributed by atoms with Crippen molar-refractivity contribution in [2.45, 2.75) is 19.8 Å². The molecule has 4 heteroatoms. The minimum Gasteiger partial charge on any atom is -0.331 e. The van der Waals surface area contributed by atoms with E-state index in [-0.39, 0.29) is 5.91 Å². The Kier molecular flexibility index (Phi) is 4.88. The molecule has 0 aromatic heterocycles. The minimum atomic E-state index is -0.153. The van der Waals surface area contributed by atoms with Crippen LogP contribution in [-0.4, -0.2) is 29.3 Å². The summed E-state index contributed by atoms with van der Waals surface area (Å²) in [5.41, 5.74) is 4.85. The Bertz CT molecular complexity index is 106. The van der Waals surface area contributed by atoms with Gasteiger partial charge >= 0.3 is 0 Å².